The first-order valence-corrected chi connectivity index (χ1v) is 8.79. The van der Waals surface area contributed by atoms with Gasteiger partial charge in [0.1, 0.15) is 11.6 Å². The highest BCUT2D eigenvalue weighted by atomic mass is 79.9. The van der Waals surface area contributed by atoms with Gasteiger partial charge in [0.05, 0.1) is 17.1 Å². The molecule has 3 aromatic rings. The van der Waals surface area contributed by atoms with Crippen LogP contribution in [-0.4, -0.2) is 10.5 Å². The Morgan fingerprint density at radius 2 is 2.04 bits per heavy atom. The molecule has 0 fully saturated rings. The van der Waals surface area contributed by atoms with Crippen molar-refractivity contribution in [3.63, 3.8) is 0 Å². The Hall–Kier alpha value is -3.04. The fourth-order valence-electron chi connectivity index (χ4n) is 3.51. The molecule has 0 radical (unpaired) electrons. The molecular weight excluding hydrogens is 394 g/mol. The Morgan fingerprint density at radius 1 is 1.27 bits per heavy atom. The molecule has 4 rings (SSSR count). The number of carbonyl (C=O) groups is 1. The largest absolute Gasteiger partial charge is 0.438 e. The number of fused-ring (bicyclic) bond motifs is 3. The fourth-order valence-corrected chi connectivity index (χ4v) is 3.93. The maximum atomic E-state index is 12.5. The SMILES string of the molecule is CC(=O)n1c2c(c3ccccc31)OC(N)=C(C#N)C2c1cccc(Br)c1. The number of nitriles is 1. The van der Waals surface area contributed by atoms with Crippen molar-refractivity contribution in [1.29, 1.82) is 5.26 Å². The number of para-hydroxylation sites is 1. The van der Waals surface area contributed by atoms with Crippen molar-refractivity contribution in [3.05, 3.63) is 75.7 Å². The molecule has 1 aromatic heterocycles. The summed E-state index contributed by atoms with van der Waals surface area (Å²) in [5.41, 5.74) is 8.58. The zero-order valence-electron chi connectivity index (χ0n) is 13.9. The van der Waals surface area contributed by atoms with E-state index in [1.165, 1.54) is 6.92 Å². The van der Waals surface area contributed by atoms with Crippen LogP contribution in [0.5, 0.6) is 5.75 Å². The van der Waals surface area contributed by atoms with Gasteiger partial charge in [-0.1, -0.05) is 40.2 Å². The van der Waals surface area contributed by atoms with Gasteiger partial charge in [-0.2, -0.15) is 5.26 Å². The predicted octanol–water partition coefficient (Wildman–Crippen LogP) is 4.28. The molecule has 0 bridgehead atoms. The quantitative estimate of drug-likeness (QED) is 0.652. The Balaban J connectivity index is 2.13. The van der Waals surface area contributed by atoms with E-state index >= 15 is 0 Å². The number of rotatable bonds is 1. The van der Waals surface area contributed by atoms with Gasteiger partial charge in [0.15, 0.2) is 5.75 Å². The van der Waals surface area contributed by atoms with Gasteiger partial charge < -0.3 is 10.5 Å². The van der Waals surface area contributed by atoms with E-state index in [4.69, 9.17) is 10.5 Å². The van der Waals surface area contributed by atoms with Crippen LogP contribution in [0.4, 0.5) is 0 Å². The highest BCUT2D eigenvalue weighted by molar-refractivity contribution is 9.10. The molecule has 1 atom stereocenters. The van der Waals surface area contributed by atoms with E-state index in [-0.39, 0.29) is 11.8 Å². The lowest BCUT2D eigenvalue weighted by atomic mass is 9.87. The second-order valence-corrected chi connectivity index (χ2v) is 6.98. The number of ether oxygens (including phenoxy) is 1. The van der Waals surface area contributed by atoms with Gasteiger partial charge in [0, 0.05) is 16.8 Å². The minimum absolute atomic E-state index is 0.0661. The maximum absolute atomic E-state index is 12.5. The summed E-state index contributed by atoms with van der Waals surface area (Å²) in [5, 5.41) is 10.5. The van der Waals surface area contributed by atoms with Gasteiger partial charge in [-0.25, -0.2) is 0 Å². The Morgan fingerprint density at radius 3 is 2.73 bits per heavy atom. The number of hydrogen-bond acceptors (Lipinski definition) is 4. The van der Waals surface area contributed by atoms with Crippen LogP contribution in [0.3, 0.4) is 0 Å². The van der Waals surface area contributed by atoms with Crippen molar-refractivity contribution in [1.82, 2.24) is 4.57 Å². The summed E-state index contributed by atoms with van der Waals surface area (Å²) >= 11 is 3.47. The van der Waals surface area contributed by atoms with Crippen molar-refractivity contribution in [2.75, 3.05) is 0 Å². The third-order valence-electron chi connectivity index (χ3n) is 4.52. The third kappa shape index (κ3) is 2.32. The average molecular weight is 408 g/mol. The first-order valence-electron chi connectivity index (χ1n) is 8.00. The molecule has 2 heterocycles. The van der Waals surface area contributed by atoms with Crippen LogP contribution in [-0.2, 0) is 0 Å². The van der Waals surface area contributed by atoms with Crippen molar-refractivity contribution >= 4 is 32.7 Å². The lowest BCUT2D eigenvalue weighted by Crippen LogP contribution is -2.24. The van der Waals surface area contributed by atoms with Crippen molar-refractivity contribution in [3.8, 4) is 11.8 Å². The summed E-state index contributed by atoms with van der Waals surface area (Å²) in [6.07, 6.45) is 0. The zero-order valence-corrected chi connectivity index (χ0v) is 15.4. The van der Waals surface area contributed by atoms with Gasteiger partial charge in [-0.15, -0.1) is 0 Å². The van der Waals surface area contributed by atoms with E-state index in [0.717, 1.165) is 20.9 Å². The number of nitrogens with two attached hydrogens (primary N) is 1. The molecule has 0 saturated carbocycles. The molecule has 1 unspecified atom stereocenters. The Kier molecular flexibility index (Phi) is 3.82. The van der Waals surface area contributed by atoms with E-state index < -0.39 is 5.92 Å². The van der Waals surface area contributed by atoms with Crippen molar-refractivity contribution < 1.29 is 9.53 Å². The number of nitrogens with zero attached hydrogens (tertiary/aromatic N) is 2. The highest BCUT2D eigenvalue weighted by Crippen LogP contribution is 2.47. The summed E-state index contributed by atoms with van der Waals surface area (Å²) < 4.78 is 8.30. The molecule has 0 saturated heterocycles. The number of carbonyl (C=O) groups excluding carboxylic acids is 1. The number of benzene rings is 2. The normalized spacial score (nSPS) is 16.1. The Bertz CT molecular complexity index is 1140. The molecule has 128 valence electrons. The topological polar surface area (TPSA) is 81.0 Å². The first kappa shape index (κ1) is 16.4. The van der Waals surface area contributed by atoms with Gasteiger partial charge in [0.25, 0.3) is 0 Å². The molecule has 1 aliphatic rings. The van der Waals surface area contributed by atoms with Gasteiger partial charge in [-0.05, 0) is 29.8 Å². The molecule has 26 heavy (non-hydrogen) atoms. The summed E-state index contributed by atoms with van der Waals surface area (Å²) in [6, 6.07) is 17.3. The van der Waals surface area contributed by atoms with Crippen molar-refractivity contribution in [2.24, 2.45) is 5.73 Å². The van der Waals surface area contributed by atoms with Crippen LogP contribution in [0, 0.1) is 11.3 Å². The fraction of sp³-hybridized carbons (Fsp3) is 0.100. The van der Waals surface area contributed by atoms with Crippen LogP contribution in [0.2, 0.25) is 0 Å². The smallest absolute Gasteiger partial charge is 0.228 e. The van der Waals surface area contributed by atoms with Gasteiger partial charge >= 0.3 is 0 Å². The number of allylic oxidation sites excluding steroid dienone is 1. The lowest BCUT2D eigenvalue weighted by molar-refractivity contribution is 0.0937. The van der Waals surface area contributed by atoms with Crippen LogP contribution < -0.4 is 10.5 Å². The minimum Gasteiger partial charge on any atom is -0.438 e. The average Bonchev–Trinajstić information content (AvgIpc) is 2.94. The summed E-state index contributed by atoms with van der Waals surface area (Å²) in [5.74, 6) is -0.0462. The van der Waals surface area contributed by atoms with Crippen LogP contribution in [0.25, 0.3) is 10.9 Å². The van der Waals surface area contributed by atoms with E-state index in [2.05, 4.69) is 22.0 Å². The highest BCUT2D eigenvalue weighted by Gasteiger charge is 2.36. The maximum Gasteiger partial charge on any atom is 0.228 e. The standard InChI is InChI=1S/C20H14BrN3O2/c1-11(25)24-16-8-3-2-7-14(16)19-18(24)17(15(10-22)20(23)26-19)12-5-4-6-13(21)9-12/h2-9,17H,23H2,1H3. The number of hydrogen-bond donors (Lipinski definition) is 1. The molecule has 0 spiro atoms. The molecule has 6 heteroatoms. The van der Waals surface area contributed by atoms with Gasteiger partial charge in [-0.3, -0.25) is 9.36 Å². The lowest BCUT2D eigenvalue weighted by Gasteiger charge is -2.25. The molecule has 2 N–H and O–H groups in total. The van der Waals surface area contributed by atoms with Crippen LogP contribution in [0.1, 0.15) is 28.9 Å². The molecule has 5 nitrogen and oxygen atoms in total. The Labute approximate surface area is 158 Å². The van der Waals surface area contributed by atoms with Crippen LogP contribution in [0.15, 0.2) is 64.5 Å². The second-order valence-electron chi connectivity index (χ2n) is 6.07. The molecule has 0 amide bonds. The van der Waals surface area contributed by atoms with E-state index in [0.29, 0.717) is 17.0 Å². The molecule has 0 aliphatic carbocycles. The summed E-state index contributed by atoms with van der Waals surface area (Å²) in [7, 11) is 0. The van der Waals surface area contributed by atoms with E-state index in [1.807, 2.05) is 48.5 Å². The van der Waals surface area contributed by atoms with Gasteiger partial charge in [0.2, 0.25) is 11.8 Å². The summed E-state index contributed by atoms with van der Waals surface area (Å²) in [6.45, 7) is 1.50. The second kappa shape index (κ2) is 6.04. The summed E-state index contributed by atoms with van der Waals surface area (Å²) in [4.78, 5) is 12.5. The first-order chi connectivity index (χ1) is 12.5. The van der Waals surface area contributed by atoms with Crippen molar-refractivity contribution in [2.45, 2.75) is 12.8 Å². The number of aromatic nitrogens is 1. The number of halogens is 1. The molecule has 2 aromatic carbocycles. The van der Waals surface area contributed by atoms with E-state index in [9.17, 15) is 10.1 Å². The monoisotopic (exact) mass is 407 g/mol. The predicted molar refractivity (Wildman–Crippen MR) is 102 cm³/mol. The molecule has 1 aliphatic heterocycles. The van der Waals surface area contributed by atoms with Crippen LogP contribution >= 0.6 is 15.9 Å². The zero-order chi connectivity index (χ0) is 18.4. The third-order valence-corrected chi connectivity index (χ3v) is 5.01. The minimum atomic E-state index is -0.488. The van der Waals surface area contributed by atoms with E-state index in [1.54, 1.807) is 4.57 Å². The molecular formula is C20H14BrN3O2.